The first-order chi connectivity index (χ1) is 13.0. The van der Waals surface area contributed by atoms with E-state index in [-0.39, 0.29) is 6.04 Å². The van der Waals surface area contributed by atoms with Crippen molar-refractivity contribution in [1.29, 1.82) is 0 Å². The predicted molar refractivity (Wildman–Crippen MR) is 112 cm³/mol. The predicted octanol–water partition coefficient (Wildman–Crippen LogP) is 3.15. The summed E-state index contributed by atoms with van der Waals surface area (Å²) in [5, 5.41) is 0. The fourth-order valence-corrected chi connectivity index (χ4v) is 3.13. The van der Waals surface area contributed by atoms with E-state index in [0.717, 1.165) is 55.8 Å². The number of hydrogen-bond donors (Lipinski definition) is 0. The Labute approximate surface area is 164 Å². The molecule has 6 heteroatoms. The summed E-state index contributed by atoms with van der Waals surface area (Å²) in [6.45, 7) is 13.1. The topological polar surface area (TPSA) is 48.4 Å². The van der Waals surface area contributed by atoms with Crippen LogP contribution in [0.25, 0.3) is 0 Å². The molecule has 1 aliphatic heterocycles. The van der Waals surface area contributed by atoms with Crippen molar-refractivity contribution in [3.8, 4) is 0 Å². The summed E-state index contributed by atoms with van der Waals surface area (Å²) >= 11 is 0. The largest absolute Gasteiger partial charge is 0.354 e. The Morgan fingerprint density at radius 1 is 1.11 bits per heavy atom. The van der Waals surface area contributed by atoms with Gasteiger partial charge in [-0.25, -0.2) is 9.97 Å². The van der Waals surface area contributed by atoms with Crippen LogP contribution in [0.15, 0.2) is 30.5 Å². The zero-order chi connectivity index (χ0) is 19.8. The van der Waals surface area contributed by atoms with Gasteiger partial charge in [-0.05, 0) is 40.1 Å². The Morgan fingerprint density at radius 2 is 1.81 bits per heavy atom. The van der Waals surface area contributed by atoms with E-state index in [2.05, 4.69) is 62.8 Å². The molecule has 2 aromatic heterocycles. The highest BCUT2D eigenvalue weighted by Gasteiger charge is 2.18. The average Bonchev–Trinajstić information content (AvgIpc) is 2.69. The van der Waals surface area contributed by atoms with Gasteiger partial charge >= 0.3 is 0 Å². The van der Waals surface area contributed by atoms with E-state index in [1.54, 1.807) is 0 Å². The van der Waals surface area contributed by atoms with Crippen LogP contribution < -0.4 is 4.90 Å². The lowest BCUT2D eigenvalue weighted by Crippen LogP contribution is -2.45. The molecule has 3 heterocycles. The summed E-state index contributed by atoms with van der Waals surface area (Å²) in [7, 11) is 4.29. The zero-order valence-electron chi connectivity index (χ0n) is 17.7. The first kappa shape index (κ1) is 21.3. The number of likely N-dealkylation sites (N-methyl/N-ethyl adjacent to an activating group) is 1. The molecule has 1 atom stereocenters. The normalized spacial score (nSPS) is 16.0. The van der Waals surface area contributed by atoms with E-state index in [4.69, 9.17) is 0 Å². The molecular weight excluding hydrogens is 336 g/mol. The van der Waals surface area contributed by atoms with Crippen molar-refractivity contribution < 1.29 is 0 Å². The monoisotopic (exact) mass is 370 g/mol. The molecular formula is C21H34N6. The van der Waals surface area contributed by atoms with E-state index in [1.807, 2.05) is 39.1 Å². The number of aromatic nitrogens is 3. The lowest BCUT2D eigenvalue weighted by Gasteiger charge is -2.33. The van der Waals surface area contributed by atoms with Crippen LogP contribution in [0.1, 0.15) is 44.0 Å². The molecule has 0 aliphatic carbocycles. The van der Waals surface area contributed by atoms with Gasteiger partial charge < -0.3 is 9.80 Å². The molecule has 0 N–H and O–H groups in total. The standard InChI is InChI=1S/C19H28N6.C2H6/c1-15(18-7-5-6-8-20-18)24(4)14-17-13-19(22-16(2)21-17)25-11-9-23(3)10-12-25;1-2/h5-8,13,15H,9-12,14H2,1-4H3;1-2H3. The third-order valence-corrected chi connectivity index (χ3v) is 4.89. The van der Waals surface area contributed by atoms with Gasteiger partial charge in [0, 0.05) is 51.0 Å². The number of rotatable bonds is 5. The Kier molecular flexibility index (Phi) is 8.13. The van der Waals surface area contributed by atoms with Crippen LogP contribution >= 0.6 is 0 Å². The zero-order valence-corrected chi connectivity index (χ0v) is 17.7. The molecule has 6 nitrogen and oxygen atoms in total. The van der Waals surface area contributed by atoms with E-state index < -0.39 is 0 Å². The van der Waals surface area contributed by atoms with E-state index >= 15 is 0 Å². The molecule has 0 bridgehead atoms. The maximum absolute atomic E-state index is 4.66. The minimum absolute atomic E-state index is 0.239. The molecule has 0 radical (unpaired) electrons. The van der Waals surface area contributed by atoms with Gasteiger partial charge in [-0.2, -0.15) is 0 Å². The molecule has 0 amide bonds. The van der Waals surface area contributed by atoms with E-state index in [0.29, 0.717) is 0 Å². The molecule has 3 rings (SSSR count). The van der Waals surface area contributed by atoms with E-state index in [9.17, 15) is 0 Å². The highest BCUT2D eigenvalue weighted by molar-refractivity contribution is 5.40. The Morgan fingerprint density at radius 3 is 2.44 bits per heavy atom. The first-order valence-corrected chi connectivity index (χ1v) is 9.92. The highest BCUT2D eigenvalue weighted by atomic mass is 15.3. The van der Waals surface area contributed by atoms with Crippen LogP contribution in [0.4, 0.5) is 5.82 Å². The molecule has 1 unspecified atom stereocenters. The molecule has 0 aromatic carbocycles. The van der Waals surface area contributed by atoms with Crippen molar-refractivity contribution in [2.45, 2.75) is 40.3 Å². The lowest BCUT2D eigenvalue weighted by molar-refractivity contribution is 0.245. The lowest BCUT2D eigenvalue weighted by atomic mass is 10.2. The molecule has 148 valence electrons. The summed E-state index contributed by atoms with van der Waals surface area (Å²) in [5.74, 6) is 1.89. The quantitative estimate of drug-likeness (QED) is 0.806. The minimum Gasteiger partial charge on any atom is -0.354 e. The molecule has 1 saturated heterocycles. The Hall–Kier alpha value is -2.05. The highest BCUT2D eigenvalue weighted by Crippen LogP contribution is 2.20. The van der Waals surface area contributed by atoms with Crippen LogP contribution in [0.5, 0.6) is 0 Å². The van der Waals surface area contributed by atoms with Crippen molar-refractivity contribution in [1.82, 2.24) is 24.8 Å². The number of pyridine rings is 1. The van der Waals surface area contributed by atoms with Crippen LogP contribution in [0, 0.1) is 6.92 Å². The Balaban J connectivity index is 0.00000126. The maximum atomic E-state index is 4.66. The van der Waals surface area contributed by atoms with Crippen molar-refractivity contribution in [2.75, 3.05) is 45.2 Å². The second kappa shape index (κ2) is 10.3. The average molecular weight is 371 g/mol. The van der Waals surface area contributed by atoms with Gasteiger partial charge in [-0.3, -0.25) is 9.88 Å². The summed E-state index contributed by atoms with van der Waals surface area (Å²) < 4.78 is 0. The van der Waals surface area contributed by atoms with Gasteiger partial charge in [0.2, 0.25) is 0 Å². The smallest absolute Gasteiger partial charge is 0.132 e. The Bertz CT molecular complexity index is 682. The SMILES string of the molecule is CC.Cc1nc(CN(C)C(C)c2ccccn2)cc(N2CCN(C)CC2)n1. The molecule has 1 fully saturated rings. The summed E-state index contributed by atoms with van der Waals surface area (Å²) in [6, 6.07) is 8.44. The van der Waals surface area contributed by atoms with Gasteiger partial charge in [0.25, 0.3) is 0 Å². The minimum atomic E-state index is 0.239. The number of nitrogens with zero attached hydrogens (tertiary/aromatic N) is 6. The van der Waals surface area contributed by atoms with Gasteiger partial charge in [-0.1, -0.05) is 19.9 Å². The summed E-state index contributed by atoms with van der Waals surface area (Å²) in [4.78, 5) is 20.8. The van der Waals surface area contributed by atoms with Crippen LogP contribution in [-0.4, -0.2) is 65.0 Å². The van der Waals surface area contributed by atoms with Crippen LogP contribution in [-0.2, 0) is 6.54 Å². The number of aryl methyl sites for hydroxylation is 1. The third-order valence-electron chi connectivity index (χ3n) is 4.89. The van der Waals surface area contributed by atoms with Crippen LogP contribution in [0.2, 0.25) is 0 Å². The number of hydrogen-bond acceptors (Lipinski definition) is 6. The third kappa shape index (κ3) is 5.97. The molecule has 27 heavy (non-hydrogen) atoms. The second-order valence-corrected chi connectivity index (χ2v) is 6.90. The van der Waals surface area contributed by atoms with Gasteiger partial charge in [-0.15, -0.1) is 0 Å². The molecule has 0 saturated carbocycles. The molecule has 0 spiro atoms. The van der Waals surface area contributed by atoms with Crippen molar-refractivity contribution in [3.63, 3.8) is 0 Å². The first-order valence-electron chi connectivity index (χ1n) is 9.92. The fraction of sp³-hybridized carbons (Fsp3) is 0.571. The van der Waals surface area contributed by atoms with Crippen molar-refractivity contribution in [3.05, 3.63) is 47.7 Å². The second-order valence-electron chi connectivity index (χ2n) is 6.90. The van der Waals surface area contributed by atoms with E-state index in [1.165, 1.54) is 0 Å². The van der Waals surface area contributed by atoms with Crippen LogP contribution in [0.3, 0.4) is 0 Å². The molecule has 1 aliphatic rings. The van der Waals surface area contributed by atoms with Gasteiger partial charge in [0.1, 0.15) is 11.6 Å². The van der Waals surface area contributed by atoms with Crippen molar-refractivity contribution >= 4 is 5.82 Å². The summed E-state index contributed by atoms with van der Waals surface area (Å²) in [6.07, 6.45) is 1.85. The van der Waals surface area contributed by atoms with Gasteiger partial charge in [0.15, 0.2) is 0 Å². The van der Waals surface area contributed by atoms with Crippen molar-refractivity contribution in [2.24, 2.45) is 0 Å². The maximum Gasteiger partial charge on any atom is 0.132 e. The fourth-order valence-electron chi connectivity index (χ4n) is 3.13. The summed E-state index contributed by atoms with van der Waals surface area (Å²) in [5.41, 5.74) is 2.14. The number of anilines is 1. The number of piperazine rings is 1. The van der Waals surface area contributed by atoms with Gasteiger partial charge in [0.05, 0.1) is 11.4 Å². The molecule has 2 aromatic rings.